The molecule has 0 saturated heterocycles. The lowest BCUT2D eigenvalue weighted by molar-refractivity contribution is 0.669. The van der Waals surface area contributed by atoms with Crippen molar-refractivity contribution in [2.75, 3.05) is 0 Å². The van der Waals surface area contributed by atoms with Gasteiger partial charge in [-0.15, -0.1) is 4.98 Å². The monoisotopic (exact) mass is 1590 g/mol. The van der Waals surface area contributed by atoms with Gasteiger partial charge in [0.1, 0.15) is 56.9 Å². The molecule has 576 valence electrons. The molecule has 14 heteroatoms. The van der Waals surface area contributed by atoms with Crippen molar-refractivity contribution >= 4 is 142 Å². The van der Waals surface area contributed by atoms with Gasteiger partial charge >= 0.3 is 0 Å². The van der Waals surface area contributed by atoms with Crippen LogP contribution in [-0.4, -0.2) is 29.9 Å². The molecule has 14 aromatic carbocycles. The first kappa shape index (κ1) is 73.8. The maximum Gasteiger partial charge on any atom is 0.270 e. The Kier molecular flexibility index (Phi) is 18.8. The van der Waals surface area contributed by atoms with Crippen molar-refractivity contribution in [3.05, 3.63) is 411 Å². The van der Waals surface area contributed by atoms with E-state index in [1.54, 1.807) is 55.4 Å². The van der Waals surface area contributed by atoms with Crippen LogP contribution < -0.4 is 0 Å². The molecule has 10 aromatic heterocycles. The van der Waals surface area contributed by atoms with Crippen molar-refractivity contribution in [1.29, 1.82) is 10.5 Å². The van der Waals surface area contributed by atoms with E-state index in [0.717, 1.165) is 193 Å². The summed E-state index contributed by atoms with van der Waals surface area (Å²) in [5, 5.41) is 36.7. The average Bonchev–Trinajstić information content (AvgIpc) is 1.53. The molecule has 0 aliphatic rings. The Morgan fingerprint density at radius 3 is 1.14 bits per heavy atom. The molecule has 0 saturated carbocycles. The number of nitriles is 2. The summed E-state index contributed by atoms with van der Waals surface area (Å²) < 4.78 is 24.8. The number of fused-ring (bicyclic) bond motifs is 20. The number of furan rings is 4. The first-order chi connectivity index (χ1) is 61.3. The minimum Gasteiger partial charge on any atom is -0.456 e. The summed E-state index contributed by atoms with van der Waals surface area (Å²) >= 11 is 0. The van der Waals surface area contributed by atoms with Crippen molar-refractivity contribution in [1.82, 2.24) is 29.9 Å². The minimum absolute atomic E-state index is 0.400. The molecule has 24 aromatic rings. The molecule has 0 N–H and O–H groups in total. The molecule has 124 heavy (non-hydrogen) atoms. The number of rotatable bonds is 8. The van der Waals surface area contributed by atoms with Crippen LogP contribution in [0.15, 0.2) is 395 Å². The largest absolute Gasteiger partial charge is 0.456 e. The second-order valence-electron chi connectivity index (χ2n) is 29.9. The molecule has 0 aliphatic heterocycles. The van der Waals surface area contributed by atoms with Gasteiger partial charge in [0.2, 0.25) is 5.69 Å². The minimum atomic E-state index is 0.400. The van der Waals surface area contributed by atoms with Crippen LogP contribution >= 0.6 is 0 Å². The van der Waals surface area contributed by atoms with E-state index in [-0.39, 0.29) is 0 Å². The number of aromatic nitrogens is 6. The normalized spacial score (nSPS) is 11.2. The van der Waals surface area contributed by atoms with Gasteiger partial charge in [0, 0.05) is 97.0 Å². The highest BCUT2D eigenvalue weighted by molar-refractivity contribution is 6.26. The summed E-state index contributed by atoms with van der Waals surface area (Å²) in [6.45, 7) is 14.5. The SMILES string of the molecule is N#Cc1ccnc(-c2ccc(-c3cc4oc5ccccc5c4c4ccccc34)cn2)c1.N#Cc1cncc(-c2cccc(-c3cc4oc5ccccc5c4c4ccccc34)n2)c1.[C-]#[N+]c1cc(-c2cccc(-c3cc4oc5ccccc5c4c4ccccc34)c2)ccn1.[C-]#[N+]c1cncc(-c2cccc(-c3cc4oc5ccccc5c4c4ccccc34)c2)c1. The summed E-state index contributed by atoms with van der Waals surface area (Å²) in [5.41, 5.74) is 24.1. The molecule has 24 rings (SSSR count). The van der Waals surface area contributed by atoms with Gasteiger partial charge in [0.05, 0.1) is 46.5 Å². The lowest BCUT2D eigenvalue weighted by Gasteiger charge is -2.10. The van der Waals surface area contributed by atoms with Crippen molar-refractivity contribution in [3.63, 3.8) is 0 Å². The number of hydrogen-bond acceptors (Lipinski definition) is 12. The molecule has 10 heterocycles. The van der Waals surface area contributed by atoms with Crippen LogP contribution in [0.25, 0.3) is 230 Å². The van der Waals surface area contributed by atoms with Crippen LogP contribution in [-0.2, 0) is 0 Å². The molecule has 0 atom stereocenters. The summed E-state index contributed by atoms with van der Waals surface area (Å²) in [6, 6.07) is 117. The molecular weight excluding hydrogens is 1530 g/mol. The second-order valence-corrected chi connectivity index (χ2v) is 29.9. The third-order valence-corrected chi connectivity index (χ3v) is 22.7. The van der Waals surface area contributed by atoms with E-state index in [2.05, 4.69) is 241 Å². The third kappa shape index (κ3) is 13.5. The Balaban J connectivity index is 0.000000101. The molecular formula is C110H62N10O4. The molecule has 0 bridgehead atoms. The van der Waals surface area contributed by atoms with Gasteiger partial charge in [-0.1, -0.05) is 225 Å². The highest BCUT2D eigenvalue weighted by atomic mass is 16.3. The average molecular weight is 1590 g/mol. The van der Waals surface area contributed by atoms with Crippen LogP contribution in [0.2, 0.25) is 0 Å². The van der Waals surface area contributed by atoms with E-state index < -0.39 is 0 Å². The van der Waals surface area contributed by atoms with Crippen molar-refractivity contribution < 1.29 is 17.7 Å². The molecule has 0 aliphatic carbocycles. The summed E-state index contributed by atoms with van der Waals surface area (Å²) in [6.07, 6.45) is 11.8. The Bertz CT molecular complexity index is 8010. The Hall–Kier alpha value is -17.8. The van der Waals surface area contributed by atoms with Crippen molar-refractivity contribution in [2.45, 2.75) is 0 Å². The summed E-state index contributed by atoms with van der Waals surface area (Å²) in [4.78, 5) is 33.3. The van der Waals surface area contributed by atoms with Gasteiger partial charge in [-0.2, -0.15) is 10.5 Å². The molecule has 0 amide bonds. The lowest BCUT2D eigenvalue weighted by atomic mass is 9.93. The van der Waals surface area contributed by atoms with Crippen molar-refractivity contribution in [3.8, 4) is 102 Å². The van der Waals surface area contributed by atoms with E-state index in [1.165, 1.54) is 21.5 Å². The number of pyridine rings is 6. The topological polar surface area (TPSA) is 186 Å². The van der Waals surface area contributed by atoms with Crippen LogP contribution in [0.4, 0.5) is 11.5 Å². The molecule has 0 spiro atoms. The van der Waals surface area contributed by atoms with E-state index in [0.29, 0.717) is 28.3 Å². The van der Waals surface area contributed by atoms with Gasteiger partial charge in [0.25, 0.3) is 5.82 Å². The predicted molar refractivity (Wildman–Crippen MR) is 497 cm³/mol. The number of benzene rings is 14. The fraction of sp³-hybridized carbons (Fsp3) is 0. The van der Waals surface area contributed by atoms with Crippen LogP contribution in [0.3, 0.4) is 0 Å². The predicted octanol–water partition coefficient (Wildman–Crippen LogP) is 29.5. The zero-order chi connectivity index (χ0) is 83.1. The standard InChI is InChI=1S/2C28H16N2O.2C27H15N3O/c1-29-21-14-20(16-30-17-21)18-7-6-8-19(13-18)25-15-27-28(23-10-3-2-9-22(23)25)24-11-4-5-12-26(24)31-27;1-29-27-16-19(13-14-30-27)18-7-6-8-20(15-18)24-17-26-28(22-10-3-2-9-21(22)24)23-11-4-5-12-25(23)31-26;28-14-17-12-18(16-29-15-17)23-9-5-10-24(30-23)22-13-26-27(20-7-2-1-6-19(20)22)21-8-3-4-11-25(21)31-26;28-15-17-11-12-29-24(13-17)23-10-9-18(16-30-23)22-14-26-27(20-6-2-1-5-19(20)22)21-7-3-4-8-25(21)31-26/h2*2-17H;1-13,15-16H;1-14,16H. The molecule has 0 radical (unpaired) electrons. The summed E-state index contributed by atoms with van der Waals surface area (Å²) in [5.74, 6) is 0.400. The quantitative estimate of drug-likeness (QED) is 0.131. The first-order valence-electron chi connectivity index (χ1n) is 40.1. The van der Waals surface area contributed by atoms with Crippen LogP contribution in [0.1, 0.15) is 11.1 Å². The smallest absolute Gasteiger partial charge is 0.270 e. The van der Waals surface area contributed by atoms with E-state index in [1.807, 2.05) is 128 Å². The number of nitrogens with zero attached hydrogens (tertiary/aromatic N) is 10. The Morgan fingerprint density at radius 1 is 0.242 bits per heavy atom. The zero-order valence-electron chi connectivity index (χ0n) is 65.9. The van der Waals surface area contributed by atoms with Gasteiger partial charge < -0.3 is 22.5 Å². The highest BCUT2D eigenvalue weighted by Crippen LogP contribution is 2.46. The van der Waals surface area contributed by atoms with Gasteiger partial charge in [-0.05, 0) is 208 Å². The van der Waals surface area contributed by atoms with E-state index in [4.69, 9.17) is 41.1 Å². The Labute approximate surface area is 708 Å². The number of para-hydroxylation sites is 4. The third-order valence-electron chi connectivity index (χ3n) is 22.7. The zero-order valence-corrected chi connectivity index (χ0v) is 65.9. The van der Waals surface area contributed by atoms with Gasteiger partial charge in [-0.3, -0.25) is 19.9 Å². The molecule has 14 nitrogen and oxygen atoms in total. The van der Waals surface area contributed by atoms with Crippen LogP contribution in [0.5, 0.6) is 0 Å². The first-order valence-corrected chi connectivity index (χ1v) is 40.1. The molecule has 0 unspecified atom stereocenters. The fourth-order valence-corrected chi connectivity index (χ4v) is 17.1. The fourth-order valence-electron chi connectivity index (χ4n) is 17.1. The Morgan fingerprint density at radius 2 is 0.653 bits per heavy atom. The van der Waals surface area contributed by atoms with Crippen LogP contribution in [0, 0.1) is 35.8 Å². The number of hydrogen-bond donors (Lipinski definition) is 0. The van der Waals surface area contributed by atoms with E-state index >= 15 is 0 Å². The molecule has 0 fully saturated rings. The van der Waals surface area contributed by atoms with Crippen molar-refractivity contribution in [2.24, 2.45) is 0 Å². The lowest BCUT2D eigenvalue weighted by Crippen LogP contribution is -1.91. The maximum atomic E-state index is 9.20. The second kappa shape index (κ2) is 31.6. The van der Waals surface area contributed by atoms with Gasteiger partial charge in [-0.25, -0.2) is 9.83 Å². The van der Waals surface area contributed by atoms with E-state index in [9.17, 15) is 5.26 Å². The maximum absolute atomic E-state index is 9.20. The van der Waals surface area contributed by atoms with Gasteiger partial charge in [0.15, 0.2) is 0 Å². The summed E-state index contributed by atoms with van der Waals surface area (Å²) in [7, 11) is 0. The highest BCUT2D eigenvalue weighted by Gasteiger charge is 2.22.